The van der Waals surface area contributed by atoms with Crippen molar-refractivity contribution in [3.05, 3.63) is 36.5 Å². The van der Waals surface area contributed by atoms with Gasteiger partial charge >= 0.3 is 5.97 Å². The largest absolute Gasteiger partial charge is 0.466 e. The Hall–Kier alpha value is -1.92. The lowest BCUT2D eigenvalue weighted by Crippen LogP contribution is -2.45. The van der Waals surface area contributed by atoms with E-state index in [9.17, 15) is 19.8 Å². The zero-order chi connectivity index (χ0) is 47.2. The molecule has 0 aromatic rings. The van der Waals surface area contributed by atoms with E-state index in [4.69, 9.17) is 4.74 Å². The van der Waals surface area contributed by atoms with Gasteiger partial charge in [0.1, 0.15) is 0 Å². The van der Waals surface area contributed by atoms with Crippen molar-refractivity contribution in [2.24, 2.45) is 0 Å². The van der Waals surface area contributed by atoms with Crippen molar-refractivity contribution >= 4 is 11.9 Å². The van der Waals surface area contributed by atoms with Crippen LogP contribution in [0.2, 0.25) is 0 Å². The van der Waals surface area contributed by atoms with E-state index in [1.807, 2.05) is 6.08 Å². The molecule has 0 aliphatic heterocycles. The molecule has 382 valence electrons. The van der Waals surface area contributed by atoms with Crippen molar-refractivity contribution < 1.29 is 24.5 Å². The maximum absolute atomic E-state index is 12.5. The molecule has 65 heavy (non-hydrogen) atoms. The summed E-state index contributed by atoms with van der Waals surface area (Å²) >= 11 is 0. The highest BCUT2D eigenvalue weighted by molar-refractivity contribution is 5.76. The van der Waals surface area contributed by atoms with Crippen molar-refractivity contribution in [3.63, 3.8) is 0 Å². The number of carbonyl (C=O) groups is 2. The number of ether oxygens (including phenoxy) is 1. The lowest BCUT2D eigenvalue weighted by atomic mass is 10.0. The Morgan fingerprint density at radius 2 is 0.769 bits per heavy atom. The van der Waals surface area contributed by atoms with E-state index in [1.54, 1.807) is 6.08 Å². The van der Waals surface area contributed by atoms with Gasteiger partial charge in [0.2, 0.25) is 5.91 Å². The van der Waals surface area contributed by atoms with Crippen LogP contribution in [0.25, 0.3) is 0 Å². The van der Waals surface area contributed by atoms with Gasteiger partial charge in [-0.2, -0.15) is 0 Å². The summed E-state index contributed by atoms with van der Waals surface area (Å²) < 4.78 is 5.47. The first-order chi connectivity index (χ1) is 32.0. The lowest BCUT2D eigenvalue weighted by Gasteiger charge is -2.20. The van der Waals surface area contributed by atoms with Crippen LogP contribution in [-0.2, 0) is 14.3 Å². The van der Waals surface area contributed by atoms with Gasteiger partial charge in [-0.1, -0.05) is 262 Å². The summed E-state index contributed by atoms with van der Waals surface area (Å²) in [6.07, 6.45) is 67.3. The maximum Gasteiger partial charge on any atom is 0.305 e. The number of amides is 1. The topological polar surface area (TPSA) is 95.9 Å². The summed E-state index contributed by atoms with van der Waals surface area (Å²) in [4.78, 5) is 24.5. The first-order valence-electron chi connectivity index (χ1n) is 28.8. The SMILES string of the molecule is CCCCCC/C=C\C/C=C\CCCCCCCC(=O)OCCCCCCCCCCCCCCCCCCCC(=O)NC(CO)C(O)/C=C/CCCCCCCCCCCCCCC. The minimum Gasteiger partial charge on any atom is -0.466 e. The average Bonchev–Trinajstić information content (AvgIpc) is 3.31. The predicted octanol–water partition coefficient (Wildman–Crippen LogP) is 17.6. The van der Waals surface area contributed by atoms with E-state index < -0.39 is 12.1 Å². The van der Waals surface area contributed by atoms with Crippen LogP contribution in [0, 0.1) is 0 Å². The summed E-state index contributed by atoms with van der Waals surface area (Å²) in [5, 5.41) is 23.1. The van der Waals surface area contributed by atoms with Gasteiger partial charge in [-0.15, -0.1) is 0 Å². The number of hydrogen-bond acceptors (Lipinski definition) is 5. The lowest BCUT2D eigenvalue weighted by molar-refractivity contribution is -0.143. The quantitative estimate of drug-likeness (QED) is 0.0321. The van der Waals surface area contributed by atoms with Crippen molar-refractivity contribution in [1.82, 2.24) is 5.32 Å². The second-order valence-electron chi connectivity index (χ2n) is 19.6. The van der Waals surface area contributed by atoms with Crippen molar-refractivity contribution in [2.45, 2.75) is 315 Å². The van der Waals surface area contributed by atoms with Crippen LogP contribution in [0.5, 0.6) is 0 Å². The molecule has 0 bridgehead atoms. The number of hydrogen-bond donors (Lipinski definition) is 3. The molecule has 0 saturated carbocycles. The zero-order valence-corrected chi connectivity index (χ0v) is 43.5. The molecule has 0 aliphatic rings. The molecule has 0 radical (unpaired) electrons. The third kappa shape index (κ3) is 51.3. The Balaban J connectivity index is 3.45. The predicted molar refractivity (Wildman–Crippen MR) is 283 cm³/mol. The molecule has 0 spiro atoms. The van der Waals surface area contributed by atoms with E-state index >= 15 is 0 Å². The first-order valence-corrected chi connectivity index (χ1v) is 28.8. The van der Waals surface area contributed by atoms with Gasteiger partial charge in [0.05, 0.1) is 25.4 Å². The van der Waals surface area contributed by atoms with Crippen molar-refractivity contribution in [2.75, 3.05) is 13.2 Å². The molecule has 2 unspecified atom stereocenters. The van der Waals surface area contributed by atoms with Gasteiger partial charge in [-0.3, -0.25) is 9.59 Å². The van der Waals surface area contributed by atoms with Gasteiger partial charge in [0.15, 0.2) is 0 Å². The number of unbranched alkanes of at least 4 members (excludes halogenated alkanes) is 38. The number of rotatable bonds is 53. The first kappa shape index (κ1) is 63.1. The van der Waals surface area contributed by atoms with Crippen LogP contribution in [0.4, 0.5) is 0 Å². The number of aliphatic hydroxyl groups is 2. The Bertz CT molecular complexity index is 1060. The highest BCUT2D eigenvalue weighted by Gasteiger charge is 2.18. The smallest absolute Gasteiger partial charge is 0.305 e. The molecular formula is C59H111NO5. The highest BCUT2D eigenvalue weighted by Crippen LogP contribution is 2.16. The molecule has 0 fully saturated rings. The van der Waals surface area contributed by atoms with Crippen LogP contribution in [0.3, 0.4) is 0 Å². The van der Waals surface area contributed by atoms with Gasteiger partial charge < -0.3 is 20.3 Å². The fourth-order valence-electron chi connectivity index (χ4n) is 8.72. The molecular weight excluding hydrogens is 803 g/mol. The van der Waals surface area contributed by atoms with E-state index in [0.717, 1.165) is 51.4 Å². The molecule has 0 aromatic heterocycles. The fraction of sp³-hybridized carbons (Fsp3) is 0.864. The van der Waals surface area contributed by atoms with Crippen LogP contribution in [0.1, 0.15) is 303 Å². The molecule has 6 nitrogen and oxygen atoms in total. The average molecular weight is 915 g/mol. The summed E-state index contributed by atoms with van der Waals surface area (Å²) in [5.74, 6) is -0.0823. The zero-order valence-electron chi connectivity index (χ0n) is 43.5. The van der Waals surface area contributed by atoms with E-state index in [1.165, 1.54) is 225 Å². The fourth-order valence-corrected chi connectivity index (χ4v) is 8.72. The minimum atomic E-state index is -0.848. The summed E-state index contributed by atoms with van der Waals surface area (Å²) in [5.41, 5.74) is 0. The summed E-state index contributed by atoms with van der Waals surface area (Å²) in [6.45, 7) is 4.87. The van der Waals surface area contributed by atoms with Crippen LogP contribution in [-0.4, -0.2) is 47.4 Å². The molecule has 6 heteroatoms. The maximum atomic E-state index is 12.5. The third-order valence-corrected chi connectivity index (χ3v) is 13.2. The van der Waals surface area contributed by atoms with Crippen LogP contribution >= 0.6 is 0 Å². The van der Waals surface area contributed by atoms with E-state index in [2.05, 4.69) is 43.5 Å². The van der Waals surface area contributed by atoms with Gasteiger partial charge in [-0.25, -0.2) is 0 Å². The number of esters is 1. The number of carbonyl (C=O) groups excluding carboxylic acids is 2. The Labute approximate surface area is 404 Å². The highest BCUT2D eigenvalue weighted by atomic mass is 16.5. The van der Waals surface area contributed by atoms with Crippen LogP contribution < -0.4 is 5.32 Å². The number of nitrogens with one attached hydrogen (secondary N) is 1. The van der Waals surface area contributed by atoms with Gasteiger partial charge in [0.25, 0.3) is 0 Å². The monoisotopic (exact) mass is 914 g/mol. The molecule has 0 rings (SSSR count). The van der Waals surface area contributed by atoms with Gasteiger partial charge in [-0.05, 0) is 64.2 Å². The standard InChI is InChI=1S/C59H111NO5/c1-3-5-7-9-11-13-15-17-19-25-29-33-37-41-45-49-53-59(64)65-54-50-46-42-38-34-30-26-22-20-21-24-28-32-36-40-44-48-52-58(63)60-56(55-61)57(62)51-47-43-39-35-31-27-23-18-16-14-12-10-8-6-4-2/h13,15,19,25,47,51,56-57,61-62H,3-12,14,16-18,20-24,26-46,48-50,52-55H2,1-2H3,(H,60,63)/b15-13-,25-19-,51-47+. The number of aliphatic hydroxyl groups excluding tert-OH is 2. The third-order valence-electron chi connectivity index (χ3n) is 13.2. The number of allylic oxidation sites excluding steroid dienone is 5. The molecule has 1 amide bonds. The van der Waals surface area contributed by atoms with Gasteiger partial charge in [0, 0.05) is 12.8 Å². The Morgan fingerprint density at radius 1 is 0.431 bits per heavy atom. The van der Waals surface area contributed by atoms with Crippen LogP contribution in [0.15, 0.2) is 36.5 Å². The second kappa shape index (κ2) is 54.7. The molecule has 0 aliphatic carbocycles. The van der Waals surface area contributed by atoms with Crippen molar-refractivity contribution in [3.8, 4) is 0 Å². The van der Waals surface area contributed by atoms with E-state index in [-0.39, 0.29) is 18.5 Å². The molecule has 2 atom stereocenters. The molecule has 0 aromatic carbocycles. The molecule has 3 N–H and O–H groups in total. The Kier molecular flexibility index (Phi) is 53.1. The summed E-state index contributed by atoms with van der Waals surface area (Å²) in [7, 11) is 0. The summed E-state index contributed by atoms with van der Waals surface area (Å²) in [6, 6.07) is -0.632. The molecule has 0 heterocycles. The normalized spacial score (nSPS) is 12.9. The van der Waals surface area contributed by atoms with E-state index in [0.29, 0.717) is 19.4 Å². The minimum absolute atomic E-state index is 0.00917. The molecule has 0 saturated heterocycles. The Morgan fingerprint density at radius 3 is 1.18 bits per heavy atom. The second-order valence-corrected chi connectivity index (χ2v) is 19.6. The van der Waals surface area contributed by atoms with Crippen molar-refractivity contribution in [1.29, 1.82) is 0 Å².